The molecule has 0 aliphatic rings. The topological polar surface area (TPSA) is 81.2 Å². The molecule has 0 atom stereocenters. The number of nitrogens with one attached hydrogen (secondary N) is 1. The number of fused-ring (bicyclic) bond motifs is 1. The van der Waals surface area contributed by atoms with Crippen molar-refractivity contribution in [1.82, 2.24) is 9.55 Å². The molecule has 2 heterocycles. The molecule has 2 rings (SSSR count). The van der Waals surface area contributed by atoms with E-state index in [2.05, 4.69) is 9.72 Å². The van der Waals surface area contributed by atoms with Crippen LogP contribution in [0, 0.1) is 0 Å². The molecule has 0 spiro atoms. The van der Waals surface area contributed by atoms with Crippen LogP contribution in [0.25, 0.3) is 10.2 Å². The van der Waals surface area contributed by atoms with Crippen molar-refractivity contribution in [3.8, 4) is 0 Å². The predicted molar refractivity (Wildman–Crippen MR) is 68.1 cm³/mol. The van der Waals surface area contributed by atoms with Crippen molar-refractivity contribution in [2.75, 3.05) is 7.11 Å². The van der Waals surface area contributed by atoms with Gasteiger partial charge in [0.05, 0.1) is 12.5 Å². The van der Waals surface area contributed by atoms with Gasteiger partial charge in [0.15, 0.2) is 0 Å². The normalized spacial score (nSPS) is 10.8. The van der Waals surface area contributed by atoms with Gasteiger partial charge in [-0.05, 0) is 12.5 Å². The first-order valence-corrected chi connectivity index (χ1v) is 6.20. The molecule has 6 nitrogen and oxygen atoms in total. The maximum Gasteiger partial charge on any atom is 0.329 e. The Kier molecular flexibility index (Phi) is 3.33. The number of carbonyl (C=O) groups is 1. The number of aromatic amines is 1. The standard InChI is InChI=1S/C11H12N2O4S/c1-3-6-4-7-9(18-6)12-11(16)13(10(7)15)5-8(14)17-2/h4H,3,5H2,1-2H3,(H,12,16). The van der Waals surface area contributed by atoms with Crippen LogP contribution in [0.2, 0.25) is 0 Å². The minimum atomic E-state index is -0.632. The van der Waals surface area contributed by atoms with Crippen molar-refractivity contribution in [1.29, 1.82) is 0 Å². The molecule has 1 N–H and O–H groups in total. The van der Waals surface area contributed by atoms with Crippen LogP contribution in [-0.4, -0.2) is 22.6 Å². The molecule has 2 aromatic rings. The van der Waals surface area contributed by atoms with Gasteiger partial charge in [0.2, 0.25) is 0 Å². The van der Waals surface area contributed by atoms with E-state index in [4.69, 9.17) is 0 Å². The van der Waals surface area contributed by atoms with Crippen LogP contribution in [0.3, 0.4) is 0 Å². The van der Waals surface area contributed by atoms with Gasteiger partial charge in [-0.2, -0.15) is 0 Å². The van der Waals surface area contributed by atoms with E-state index in [-0.39, 0.29) is 6.54 Å². The van der Waals surface area contributed by atoms with E-state index < -0.39 is 17.2 Å². The summed E-state index contributed by atoms with van der Waals surface area (Å²) in [7, 11) is 1.21. The first-order chi connectivity index (χ1) is 8.56. The van der Waals surface area contributed by atoms with Gasteiger partial charge in [-0.25, -0.2) is 9.36 Å². The SMILES string of the molecule is CCc1cc2c(=O)n(CC(=O)OC)c(=O)[nH]c2s1. The minimum Gasteiger partial charge on any atom is -0.468 e. The van der Waals surface area contributed by atoms with Crippen LogP contribution in [0.1, 0.15) is 11.8 Å². The van der Waals surface area contributed by atoms with Crippen LogP contribution >= 0.6 is 11.3 Å². The van der Waals surface area contributed by atoms with Crippen molar-refractivity contribution >= 4 is 27.5 Å². The number of hydrogen-bond acceptors (Lipinski definition) is 5. The van der Waals surface area contributed by atoms with Crippen LogP contribution in [0.4, 0.5) is 0 Å². The smallest absolute Gasteiger partial charge is 0.329 e. The number of aryl methyl sites for hydroxylation is 1. The first-order valence-electron chi connectivity index (χ1n) is 5.39. The lowest BCUT2D eigenvalue weighted by Crippen LogP contribution is -2.37. The third-order valence-corrected chi connectivity index (χ3v) is 3.78. The summed E-state index contributed by atoms with van der Waals surface area (Å²) in [6.45, 7) is 1.59. The fourth-order valence-electron chi connectivity index (χ4n) is 1.61. The van der Waals surface area contributed by atoms with Crippen molar-refractivity contribution in [3.05, 3.63) is 31.8 Å². The Morgan fingerprint density at radius 3 is 2.83 bits per heavy atom. The fourth-order valence-corrected chi connectivity index (χ4v) is 2.59. The van der Waals surface area contributed by atoms with Gasteiger partial charge in [0.1, 0.15) is 11.4 Å². The van der Waals surface area contributed by atoms with Gasteiger partial charge in [0.25, 0.3) is 5.56 Å². The summed E-state index contributed by atoms with van der Waals surface area (Å²) in [5.41, 5.74) is -1.06. The first kappa shape index (κ1) is 12.6. The van der Waals surface area contributed by atoms with Crippen molar-refractivity contribution in [3.63, 3.8) is 0 Å². The maximum absolute atomic E-state index is 12.1. The van der Waals surface area contributed by atoms with Crippen LogP contribution in [-0.2, 0) is 22.5 Å². The third-order valence-electron chi connectivity index (χ3n) is 2.59. The molecule has 0 aromatic carbocycles. The molecule has 0 radical (unpaired) electrons. The van der Waals surface area contributed by atoms with E-state index in [0.717, 1.165) is 15.9 Å². The van der Waals surface area contributed by atoms with E-state index in [9.17, 15) is 14.4 Å². The minimum absolute atomic E-state index is 0.377. The number of nitrogens with zero attached hydrogens (tertiary/aromatic N) is 1. The molecular weight excluding hydrogens is 256 g/mol. The Morgan fingerprint density at radius 2 is 2.22 bits per heavy atom. The molecule has 18 heavy (non-hydrogen) atoms. The lowest BCUT2D eigenvalue weighted by Gasteiger charge is -2.02. The van der Waals surface area contributed by atoms with Gasteiger partial charge >= 0.3 is 11.7 Å². The molecule has 0 bridgehead atoms. The molecule has 0 aliphatic heterocycles. The van der Waals surface area contributed by atoms with Gasteiger partial charge < -0.3 is 4.74 Å². The summed E-state index contributed by atoms with van der Waals surface area (Å²) in [5.74, 6) is -0.632. The van der Waals surface area contributed by atoms with Gasteiger partial charge in [-0.15, -0.1) is 11.3 Å². The number of methoxy groups -OCH3 is 1. The van der Waals surface area contributed by atoms with Crippen LogP contribution < -0.4 is 11.2 Å². The predicted octanol–water partition coefficient (Wildman–Crippen LogP) is 0.487. The average Bonchev–Trinajstić information content (AvgIpc) is 2.77. The Hall–Kier alpha value is -1.89. The highest BCUT2D eigenvalue weighted by Gasteiger charge is 2.13. The number of hydrogen-bond donors (Lipinski definition) is 1. The molecule has 2 aromatic heterocycles. The largest absolute Gasteiger partial charge is 0.468 e. The summed E-state index contributed by atoms with van der Waals surface area (Å²) >= 11 is 1.37. The second-order valence-electron chi connectivity index (χ2n) is 3.71. The van der Waals surface area contributed by atoms with Crippen LogP contribution in [0.15, 0.2) is 15.7 Å². The van der Waals surface area contributed by atoms with E-state index in [1.807, 2.05) is 6.92 Å². The highest BCUT2D eigenvalue weighted by atomic mass is 32.1. The third kappa shape index (κ3) is 2.08. The van der Waals surface area contributed by atoms with Crippen LogP contribution in [0.5, 0.6) is 0 Å². The zero-order chi connectivity index (χ0) is 13.3. The summed E-state index contributed by atoms with van der Waals surface area (Å²) in [6, 6.07) is 1.74. The summed E-state index contributed by atoms with van der Waals surface area (Å²) in [5, 5.41) is 0.431. The Morgan fingerprint density at radius 1 is 1.50 bits per heavy atom. The Bertz CT molecular complexity index is 710. The number of H-pyrrole nitrogens is 1. The Balaban J connectivity index is 2.64. The molecule has 0 fully saturated rings. The maximum atomic E-state index is 12.1. The van der Waals surface area contributed by atoms with E-state index in [0.29, 0.717) is 10.2 Å². The highest BCUT2D eigenvalue weighted by Crippen LogP contribution is 2.20. The molecule has 0 unspecified atom stereocenters. The summed E-state index contributed by atoms with van der Waals surface area (Å²) in [4.78, 5) is 39.1. The molecule has 0 saturated carbocycles. The molecule has 0 aliphatic carbocycles. The molecule has 0 amide bonds. The molecule has 0 saturated heterocycles. The van der Waals surface area contributed by atoms with Gasteiger partial charge in [-0.1, -0.05) is 6.92 Å². The molecule has 96 valence electrons. The summed E-state index contributed by atoms with van der Waals surface area (Å²) < 4.78 is 5.30. The van der Waals surface area contributed by atoms with E-state index >= 15 is 0 Å². The lowest BCUT2D eigenvalue weighted by molar-refractivity contribution is -0.141. The number of carbonyl (C=O) groups excluding carboxylic acids is 1. The number of aromatic nitrogens is 2. The molecule has 7 heteroatoms. The second-order valence-corrected chi connectivity index (χ2v) is 4.84. The lowest BCUT2D eigenvalue weighted by atomic mass is 10.3. The van der Waals surface area contributed by atoms with Crippen molar-refractivity contribution in [2.45, 2.75) is 19.9 Å². The Labute approximate surface area is 106 Å². The number of ether oxygens (including phenoxy) is 1. The zero-order valence-electron chi connectivity index (χ0n) is 9.98. The van der Waals surface area contributed by atoms with Gasteiger partial charge in [0, 0.05) is 4.88 Å². The number of esters is 1. The van der Waals surface area contributed by atoms with E-state index in [1.165, 1.54) is 18.4 Å². The average molecular weight is 268 g/mol. The second kappa shape index (κ2) is 4.77. The quantitative estimate of drug-likeness (QED) is 0.821. The van der Waals surface area contributed by atoms with Crippen molar-refractivity contribution < 1.29 is 9.53 Å². The summed E-state index contributed by atoms with van der Waals surface area (Å²) in [6.07, 6.45) is 0.790. The van der Waals surface area contributed by atoms with Crippen molar-refractivity contribution in [2.24, 2.45) is 0 Å². The van der Waals surface area contributed by atoms with Gasteiger partial charge in [-0.3, -0.25) is 14.6 Å². The number of rotatable bonds is 3. The number of thiophene rings is 1. The highest BCUT2D eigenvalue weighted by molar-refractivity contribution is 7.18. The zero-order valence-corrected chi connectivity index (χ0v) is 10.8. The fraction of sp³-hybridized carbons (Fsp3) is 0.364. The molecular formula is C11H12N2O4S. The van der Waals surface area contributed by atoms with E-state index in [1.54, 1.807) is 6.07 Å². The monoisotopic (exact) mass is 268 g/mol.